The molecule has 15 heavy (non-hydrogen) atoms. The van der Waals surface area contributed by atoms with Crippen LogP contribution >= 0.6 is 0 Å². The Kier molecular flexibility index (Phi) is 4.68. The average molecular weight is 209 g/mol. The summed E-state index contributed by atoms with van der Waals surface area (Å²) in [6.07, 6.45) is 10.6. The fraction of sp³-hybridized carbons (Fsp3) is 0.846. The van der Waals surface area contributed by atoms with Gasteiger partial charge in [-0.1, -0.05) is 31.8 Å². The molecule has 0 aromatic heterocycles. The lowest BCUT2D eigenvalue weighted by Gasteiger charge is -2.15. The molecule has 1 N–H and O–H groups in total. The van der Waals surface area contributed by atoms with Gasteiger partial charge in [0.25, 0.3) is 0 Å². The fourth-order valence-corrected chi connectivity index (χ4v) is 2.59. The van der Waals surface area contributed by atoms with Crippen LogP contribution in [-0.4, -0.2) is 26.3 Å². The predicted molar refractivity (Wildman–Crippen MR) is 63.0 cm³/mol. The van der Waals surface area contributed by atoms with E-state index in [-0.39, 0.29) is 0 Å². The third kappa shape index (κ3) is 3.96. The quantitative estimate of drug-likeness (QED) is 0.555. The first-order valence-corrected chi connectivity index (χ1v) is 6.41. The van der Waals surface area contributed by atoms with E-state index in [0.717, 1.165) is 32.1 Å². The van der Waals surface area contributed by atoms with Gasteiger partial charge in [-0.25, -0.2) is 0 Å². The van der Waals surface area contributed by atoms with Gasteiger partial charge in [-0.2, -0.15) is 0 Å². The third-order valence-electron chi connectivity index (χ3n) is 3.54. The summed E-state index contributed by atoms with van der Waals surface area (Å²) in [5.41, 5.74) is 1.44. The van der Waals surface area contributed by atoms with E-state index in [9.17, 15) is 0 Å². The number of ether oxygens (including phenoxy) is 1. The van der Waals surface area contributed by atoms with Crippen molar-refractivity contribution < 1.29 is 4.74 Å². The molecule has 2 heteroatoms. The van der Waals surface area contributed by atoms with Crippen LogP contribution in [-0.2, 0) is 4.74 Å². The molecule has 2 rings (SSSR count). The van der Waals surface area contributed by atoms with Crippen molar-refractivity contribution in [1.29, 1.82) is 0 Å². The molecular formula is C13H23NO. The Balaban J connectivity index is 1.52. The molecule has 1 aliphatic heterocycles. The summed E-state index contributed by atoms with van der Waals surface area (Å²) < 4.78 is 5.40. The van der Waals surface area contributed by atoms with E-state index in [1.807, 2.05) is 0 Å². The molecular weight excluding hydrogens is 186 g/mol. The van der Waals surface area contributed by atoms with Crippen LogP contribution < -0.4 is 5.32 Å². The molecule has 1 aliphatic carbocycles. The van der Waals surface area contributed by atoms with Crippen molar-refractivity contribution in [3.63, 3.8) is 0 Å². The fourth-order valence-electron chi connectivity index (χ4n) is 2.59. The van der Waals surface area contributed by atoms with Crippen molar-refractivity contribution in [2.75, 3.05) is 26.3 Å². The zero-order chi connectivity index (χ0) is 10.3. The van der Waals surface area contributed by atoms with Crippen molar-refractivity contribution in [1.82, 2.24) is 5.32 Å². The first kappa shape index (κ1) is 11.2. The van der Waals surface area contributed by atoms with Crippen LogP contribution in [0.4, 0.5) is 0 Å². The van der Waals surface area contributed by atoms with E-state index < -0.39 is 0 Å². The summed E-state index contributed by atoms with van der Waals surface area (Å²) in [6.45, 7) is 3.97. The highest BCUT2D eigenvalue weighted by Gasteiger charge is 2.13. The van der Waals surface area contributed by atoms with E-state index in [0.29, 0.717) is 0 Å². The monoisotopic (exact) mass is 209 g/mol. The third-order valence-corrected chi connectivity index (χ3v) is 3.54. The van der Waals surface area contributed by atoms with Gasteiger partial charge in [0.2, 0.25) is 0 Å². The van der Waals surface area contributed by atoms with E-state index in [4.69, 9.17) is 4.74 Å². The Morgan fingerprint density at radius 1 is 1.33 bits per heavy atom. The van der Waals surface area contributed by atoms with Crippen LogP contribution in [0.1, 0.15) is 38.5 Å². The Labute approximate surface area is 93.1 Å². The normalized spacial score (nSPS) is 23.1. The molecule has 0 bridgehead atoms. The van der Waals surface area contributed by atoms with Gasteiger partial charge in [0, 0.05) is 6.54 Å². The maximum Gasteiger partial charge on any atom is 0.0689 e. The lowest BCUT2D eigenvalue weighted by Crippen LogP contribution is -2.23. The Morgan fingerprint density at radius 3 is 2.93 bits per heavy atom. The zero-order valence-corrected chi connectivity index (χ0v) is 9.63. The van der Waals surface area contributed by atoms with Gasteiger partial charge < -0.3 is 10.1 Å². The van der Waals surface area contributed by atoms with Gasteiger partial charge in [0.1, 0.15) is 0 Å². The molecule has 1 saturated carbocycles. The molecule has 0 unspecified atom stereocenters. The summed E-state index contributed by atoms with van der Waals surface area (Å²) in [5.74, 6) is 1.01. The van der Waals surface area contributed by atoms with E-state index in [2.05, 4.69) is 11.4 Å². The first-order valence-electron chi connectivity index (χ1n) is 6.41. The number of rotatable bonds is 5. The van der Waals surface area contributed by atoms with Gasteiger partial charge in [0.05, 0.1) is 13.2 Å². The minimum Gasteiger partial charge on any atom is -0.377 e. The van der Waals surface area contributed by atoms with Crippen molar-refractivity contribution in [2.45, 2.75) is 38.5 Å². The summed E-state index contributed by atoms with van der Waals surface area (Å²) in [4.78, 5) is 0. The topological polar surface area (TPSA) is 21.3 Å². The molecule has 0 atom stereocenters. The molecule has 86 valence electrons. The lowest BCUT2D eigenvalue weighted by molar-refractivity contribution is 0.148. The Hall–Kier alpha value is -0.340. The standard InChI is InChI=1S/C13H23NO/c1-2-5-12(4-1)7-8-14-10-13-6-3-9-15-11-13/h6,12,14H,1-5,7-11H2. The zero-order valence-electron chi connectivity index (χ0n) is 9.63. The van der Waals surface area contributed by atoms with Gasteiger partial charge in [-0.05, 0) is 30.9 Å². The molecule has 1 fully saturated rings. The minimum absolute atomic E-state index is 0.844. The van der Waals surface area contributed by atoms with Gasteiger partial charge in [-0.15, -0.1) is 0 Å². The molecule has 0 saturated heterocycles. The maximum atomic E-state index is 5.40. The highest BCUT2D eigenvalue weighted by molar-refractivity contribution is 5.06. The molecule has 0 spiro atoms. The van der Waals surface area contributed by atoms with Gasteiger partial charge >= 0.3 is 0 Å². The smallest absolute Gasteiger partial charge is 0.0689 e. The molecule has 0 aromatic carbocycles. The number of hydrogen-bond acceptors (Lipinski definition) is 2. The molecule has 0 radical (unpaired) electrons. The largest absolute Gasteiger partial charge is 0.377 e. The van der Waals surface area contributed by atoms with Gasteiger partial charge in [0.15, 0.2) is 0 Å². The second-order valence-electron chi connectivity index (χ2n) is 4.82. The molecule has 0 amide bonds. The van der Waals surface area contributed by atoms with Crippen LogP contribution in [0, 0.1) is 5.92 Å². The Morgan fingerprint density at radius 2 is 2.20 bits per heavy atom. The van der Waals surface area contributed by atoms with Crippen LogP contribution in [0.15, 0.2) is 11.6 Å². The van der Waals surface area contributed by atoms with E-state index in [1.165, 1.54) is 44.2 Å². The van der Waals surface area contributed by atoms with Crippen molar-refractivity contribution in [2.24, 2.45) is 5.92 Å². The summed E-state index contributed by atoms with van der Waals surface area (Å²) in [6, 6.07) is 0. The maximum absolute atomic E-state index is 5.40. The van der Waals surface area contributed by atoms with Crippen LogP contribution in [0.3, 0.4) is 0 Å². The minimum atomic E-state index is 0.844. The summed E-state index contributed by atoms with van der Waals surface area (Å²) in [5, 5.41) is 3.53. The number of hydrogen-bond donors (Lipinski definition) is 1. The van der Waals surface area contributed by atoms with Crippen molar-refractivity contribution in [3.05, 3.63) is 11.6 Å². The van der Waals surface area contributed by atoms with Crippen molar-refractivity contribution >= 4 is 0 Å². The molecule has 2 nitrogen and oxygen atoms in total. The molecule has 2 aliphatic rings. The first-order chi connectivity index (χ1) is 7.45. The predicted octanol–water partition coefficient (Wildman–Crippen LogP) is 2.50. The van der Waals surface area contributed by atoms with E-state index >= 15 is 0 Å². The highest BCUT2D eigenvalue weighted by atomic mass is 16.5. The van der Waals surface area contributed by atoms with Gasteiger partial charge in [-0.3, -0.25) is 0 Å². The number of nitrogens with one attached hydrogen (secondary N) is 1. The molecule has 0 aromatic rings. The van der Waals surface area contributed by atoms with Crippen molar-refractivity contribution in [3.8, 4) is 0 Å². The molecule has 1 heterocycles. The average Bonchev–Trinajstić information content (AvgIpc) is 2.79. The second-order valence-corrected chi connectivity index (χ2v) is 4.82. The van der Waals surface area contributed by atoms with Crippen LogP contribution in [0.5, 0.6) is 0 Å². The highest BCUT2D eigenvalue weighted by Crippen LogP contribution is 2.26. The SMILES string of the molecule is C1=C(CNCCC2CCCC2)COCC1. The lowest BCUT2D eigenvalue weighted by atomic mass is 10.0. The van der Waals surface area contributed by atoms with E-state index in [1.54, 1.807) is 0 Å². The second kappa shape index (κ2) is 6.29. The summed E-state index contributed by atoms with van der Waals surface area (Å²) >= 11 is 0. The van der Waals surface area contributed by atoms with Crippen LogP contribution in [0.25, 0.3) is 0 Å². The Bertz CT molecular complexity index is 207. The summed E-state index contributed by atoms with van der Waals surface area (Å²) in [7, 11) is 0. The van der Waals surface area contributed by atoms with Crippen LogP contribution in [0.2, 0.25) is 0 Å².